The zero-order chi connectivity index (χ0) is 35.9. The average Bonchev–Trinajstić information content (AvgIpc) is 3.50. The Morgan fingerprint density at radius 3 is 1.85 bits per heavy atom. The number of anilines is 1. The van der Waals surface area contributed by atoms with Crippen molar-refractivity contribution in [1.29, 1.82) is 0 Å². The van der Waals surface area contributed by atoms with Crippen LogP contribution in [-0.2, 0) is 5.41 Å². The van der Waals surface area contributed by atoms with Gasteiger partial charge in [-0.2, -0.15) is 0 Å². The molecule has 0 spiro atoms. The maximum absolute atomic E-state index is 6.22. The van der Waals surface area contributed by atoms with Gasteiger partial charge in [0.25, 0.3) is 0 Å². The number of para-hydroxylation sites is 1. The second kappa shape index (κ2) is 10.5. The average molecular weight is 679 g/mol. The summed E-state index contributed by atoms with van der Waals surface area (Å²) in [6.07, 6.45) is 0. The first-order chi connectivity index (χ1) is 25.7. The molecule has 2 nitrogen and oxygen atoms in total. The minimum absolute atomic E-state index is 0.0144. The summed E-state index contributed by atoms with van der Waals surface area (Å²) in [6.45, 7) is 11.7. The lowest BCUT2D eigenvalue weighted by atomic mass is 9.30. The largest absolute Gasteiger partial charge is 0.399 e. The lowest BCUT2D eigenvalue weighted by molar-refractivity contribution is 0.591. The predicted octanol–water partition coefficient (Wildman–Crippen LogP) is 10.7. The van der Waals surface area contributed by atoms with Gasteiger partial charge in [-0.1, -0.05) is 140 Å². The van der Waals surface area contributed by atoms with Crippen LogP contribution in [0, 0.1) is 13.8 Å². The highest BCUT2D eigenvalue weighted by Crippen LogP contribution is 2.45. The molecular formula is C50H39BN2. The van der Waals surface area contributed by atoms with Crippen molar-refractivity contribution >= 4 is 72.1 Å². The molecule has 8 aromatic carbocycles. The molecule has 0 bridgehead atoms. The van der Waals surface area contributed by atoms with Crippen LogP contribution >= 0.6 is 0 Å². The molecule has 11 rings (SSSR count). The number of benzene rings is 8. The standard InChI is InChI=1S/C50H39BN2/c1-28-12-6-7-13-33(28)39-26-43-46-34(29(39)2)15-10-16-36(46)40-24-30(50(3,4)5)25-41-37-17-11-18-38-47(37)44(51(43)48(40)41)27-42-35-14-8-9-19-45(35)53(49(38)42)32-22-20-31(52)21-23-32/h6-27H,52H2,1-5H3. The van der Waals surface area contributed by atoms with Crippen LogP contribution < -0.4 is 22.1 Å². The number of hydrogen-bond donors (Lipinski definition) is 1. The van der Waals surface area contributed by atoms with Crippen LogP contribution in [-0.4, -0.2) is 11.3 Å². The molecule has 1 aromatic heterocycles. The fraction of sp³-hybridized carbons (Fsp3) is 0.120. The summed E-state index contributed by atoms with van der Waals surface area (Å²) in [7, 11) is 0. The second-order valence-corrected chi connectivity index (χ2v) is 16.4. The van der Waals surface area contributed by atoms with Crippen molar-refractivity contribution in [2.45, 2.75) is 40.0 Å². The quantitative estimate of drug-likeness (QED) is 0.143. The van der Waals surface area contributed by atoms with E-state index in [9.17, 15) is 0 Å². The molecule has 0 aliphatic carbocycles. The molecule has 0 radical (unpaired) electrons. The summed E-state index contributed by atoms with van der Waals surface area (Å²) in [5, 5.41) is 7.95. The zero-order valence-electron chi connectivity index (χ0n) is 30.8. The minimum Gasteiger partial charge on any atom is -0.399 e. The first-order valence-electron chi connectivity index (χ1n) is 18.8. The Labute approximate surface area is 310 Å². The third-order valence-electron chi connectivity index (χ3n) is 12.4. The lowest BCUT2D eigenvalue weighted by Gasteiger charge is -2.36. The number of aryl methyl sites for hydroxylation is 2. The van der Waals surface area contributed by atoms with Gasteiger partial charge in [0.05, 0.1) is 11.0 Å². The SMILES string of the molecule is Cc1ccccc1-c1cc2c3c(cccc3c1C)-c1cc(C(C)(C)C)cc3c1B2c1cc2c4ccccc4n(-c4ccc(N)cc4)c2c2cccc-3c12. The molecule has 0 fully saturated rings. The molecule has 0 saturated carbocycles. The summed E-state index contributed by atoms with van der Waals surface area (Å²) in [4.78, 5) is 0. The van der Waals surface area contributed by atoms with Crippen molar-refractivity contribution in [2.24, 2.45) is 0 Å². The van der Waals surface area contributed by atoms with E-state index in [0.29, 0.717) is 0 Å². The van der Waals surface area contributed by atoms with Crippen molar-refractivity contribution in [3.63, 3.8) is 0 Å². The number of aromatic nitrogens is 1. The van der Waals surface area contributed by atoms with Crippen molar-refractivity contribution in [1.82, 2.24) is 4.57 Å². The van der Waals surface area contributed by atoms with E-state index in [1.807, 2.05) is 12.1 Å². The summed E-state index contributed by atoms with van der Waals surface area (Å²) < 4.78 is 2.45. The number of rotatable bonds is 2. The van der Waals surface area contributed by atoms with Gasteiger partial charge in [0.1, 0.15) is 0 Å². The maximum atomic E-state index is 6.22. The van der Waals surface area contributed by atoms with Gasteiger partial charge in [-0.3, -0.25) is 0 Å². The number of nitrogens with two attached hydrogens (primary N) is 1. The lowest BCUT2D eigenvalue weighted by Crippen LogP contribution is -2.57. The number of nitrogens with zero attached hydrogens (tertiary/aromatic N) is 1. The van der Waals surface area contributed by atoms with Crippen LogP contribution in [0.4, 0.5) is 5.69 Å². The van der Waals surface area contributed by atoms with Gasteiger partial charge in [0.15, 0.2) is 0 Å². The van der Waals surface area contributed by atoms with Gasteiger partial charge < -0.3 is 10.3 Å². The Hall–Kier alpha value is -6.06. The molecule has 0 saturated heterocycles. The molecule has 9 aromatic rings. The molecule has 53 heavy (non-hydrogen) atoms. The van der Waals surface area contributed by atoms with Crippen LogP contribution in [0.1, 0.15) is 37.5 Å². The van der Waals surface area contributed by atoms with Gasteiger partial charge in [-0.15, -0.1) is 0 Å². The van der Waals surface area contributed by atoms with E-state index in [1.54, 1.807) is 0 Å². The summed E-state index contributed by atoms with van der Waals surface area (Å²) >= 11 is 0. The van der Waals surface area contributed by atoms with E-state index in [-0.39, 0.29) is 12.1 Å². The normalized spacial score (nSPS) is 13.0. The first-order valence-corrected chi connectivity index (χ1v) is 18.8. The van der Waals surface area contributed by atoms with Gasteiger partial charge >= 0.3 is 0 Å². The van der Waals surface area contributed by atoms with E-state index in [4.69, 9.17) is 5.73 Å². The van der Waals surface area contributed by atoms with Crippen molar-refractivity contribution < 1.29 is 0 Å². The minimum atomic E-state index is -0.0144. The molecule has 0 amide bonds. The second-order valence-electron chi connectivity index (χ2n) is 16.4. The molecule has 252 valence electrons. The Balaban J connectivity index is 1.35. The Morgan fingerprint density at radius 2 is 1.13 bits per heavy atom. The summed E-state index contributed by atoms with van der Waals surface area (Å²) in [6, 6.07) is 50.3. The first kappa shape index (κ1) is 30.6. The van der Waals surface area contributed by atoms with Crippen molar-refractivity contribution in [3.05, 3.63) is 150 Å². The summed E-state index contributed by atoms with van der Waals surface area (Å²) in [5.74, 6) is 0. The fourth-order valence-electron chi connectivity index (χ4n) is 9.89. The highest BCUT2D eigenvalue weighted by atomic mass is 15.0. The van der Waals surface area contributed by atoms with E-state index in [0.717, 1.165) is 11.4 Å². The Bertz CT molecular complexity index is 3060. The van der Waals surface area contributed by atoms with Gasteiger partial charge in [0.2, 0.25) is 6.71 Å². The van der Waals surface area contributed by atoms with Crippen LogP contribution in [0.5, 0.6) is 0 Å². The third-order valence-corrected chi connectivity index (χ3v) is 12.4. The molecule has 2 N–H and O–H groups in total. The number of fused-ring (bicyclic) bond motifs is 8. The van der Waals surface area contributed by atoms with Gasteiger partial charge in [-0.05, 0) is 116 Å². The van der Waals surface area contributed by atoms with Gasteiger partial charge in [0, 0.05) is 27.5 Å². The Morgan fingerprint density at radius 1 is 0.528 bits per heavy atom. The molecule has 3 heterocycles. The number of nitrogen functional groups attached to an aromatic ring is 1. The van der Waals surface area contributed by atoms with Gasteiger partial charge in [-0.25, -0.2) is 0 Å². The monoisotopic (exact) mass is 678 g/mol. The fourth-order valence-corrected chi connectivity index (χ4v) is 9.89. The molecular weight excluding hydrogens is 639 g/mol. The van der Waals surface area contributed by atoms with Crippen LogP contribution in [0.25, 0.3) is 82.4 Å². The van der Waals surface area contributed by atoms with Crippen molar-refractivity contribution in [2.75, 3.05) is 5.73 Å². The molecule has 0 unspecified atom stereocenters. The third kappa shape index (κ3) is 4.05. The summed E-state index contributed by atoms with van der Waals surface area (Å²) in [5.41, 5.74) is 26.9. The highest BCUT2D eigenvalue weighted by molar-refractivity contribution is 7.01. The number of hydrogen-bond acceptors (Lipinski definition) is 1. The highest BCUT2D eigenvalue weighted by Gasteiger charge is 2.40. The predicted molar refractivity (Wildman–Crippen MR) is 229 cm³/mol. The molecule has 2 aliphatic rings. The van der Waals surface area contributed by atoms with E-state index >= 15 is 0 Å². The van der Waals surface area contributed by atoms with Crippen molar-refractivity contribution in [3.8, 4) is 39.1 Å². The van der Waals surface area contributed by atoms with Crippen LogP contribution in [0.15, 0.2) is 133 Å². The van der Waals surface area contributed by atoms with E-state index < -0.39 is 0 Å². The topological polar surface area (TPSA) is 30.9 Å². The van der Waals surface area contributed by atoms with E-state index in [1.165, 1.54) is 110 Å². The smallest absolute Gasteiger partial charge is 0.244 e. The Kier molecular flexibility index (Phi) is 6.06. The van der Waals surface area contributed by atoms with E-state index in [2.05, 4.69) is 161 Å². The molecule has 0 atom stereocenters. The van der Waals surface area contributed by atoms with Crippen LogP contribution in [0.3, 0.4) is 0 Å². The zero-order valence-corrected chi connectivity index (χ0v) is 30.8. The van der Waals surface area contributed by atoms with Crippen LogP contribution in [0.2, 0.25) is 0 Å². The maximum Gasteiger partial charge on any atom is 0.244 e. The molecule has 3 heteroatoms. The molecule has 2 aliphatic heterocycles.